The van der Waals surface area contributed by atoms with Crippen LogP contribution >= 0.6 is 0 Å². The normalized spacial score (nSPS) is 11.3. The van der Waals surface area contributed by atoms with Gasteiger partial charge in [-0.15, -0.1) is 0 Å². The number of ether oxygens (including phenoxy) is 3. The highest BCUT2D eigenvalue weighted by molar-refractivity contribution is 5.88. The van der Waals surface area contributed by atoms with E-state index in [1.165, 1.54) is 41.2 Å². The van der Waals surface area contributed by atoms with E-state index in [1.54, 1.807) is 13.0 Å². The Morgan fingerprint density at radius 1 is 1.31 bits per heavy atom. The molecule has 0 amide bonds. The molecular formula is C19H16F3N3O4. The first kappa shape index (κ1) is 20.2. The summed E-state index contributed by atoms with van der Waals surface area (Å²) >= 11 is 0. The Bertz CT molecular complexity index is 1050. The van der Waals surface area contributed by atoms with Crippen molar-refractivity contribution < 1.29 is 32.2 Å². The van der Waals surface area contributed by atoms with Crippen LogP contribution in [0.5, 0.6) is 17.4 Å². The Morgan fingerprint density at radius 3 is 2.79 bits per heavy atom. The van der Waals surface area contributed by atoms with Gasteiger partial charge in [0, 0.05) is 18.5 Å². The maximum absolute atomic E-state index is 12.5. The molecule has 0 N–H and O–H groups in total. The molecule has 0 bridgehead atoms. The fourth-order valence-electron chi connectivity index (χ4n) is 2.35. The molecule has 0 aromatic carbocycles. The maximum Gasteiger partial charge on any atom is 0.422 e. The lowest BCUT2D eigenvalue weighted by molar-refractivity contribution is -0.153. The first-order valence-electron chi connectivity index (χ1n) is 8.45. The zero-order chi connectivity index (χ0) is 21.0. The molecule has 0 aliphatic heterocycles. The molecule has 3 aromatic heterocycles. The number of pyridine rings is 2. The number of alkyl halides is 3. The molecule has 10 heteroatoms. The summed E-state index contributed by atoms with van der Waals surface area (Å²) in [6, 6.07) is 5.91. The summed E-state index contributed by atoms with van der Waals surface area (Å²) in [7, 11) is 0. The van der Waals surface area contributed by atoms with Crippen molar-refractivity contribution in [2.75, 3.05) is 13.2 Å². The van der Waals surface area contributed by atoms with Crippen LogP contribution in [0.1, 0.15) is 23.0 Å². The number of fused-ring (bicyclic) bond motifs is 1. The van der Waals surface area contributed by atoms with E-state index in [2.05, 4.69) is 16.7 Å². The highest BCUT2D eigenvalue weighted by Crippen LogP contribution is 2.32. The minimum Gasteiger partial charge on any atom is -0.478 e. The lowest BCUT2D eigenvalue weighted by Gasteiger charge is -2.13. The Balaban J connectivity index is 1.87. The van der Waals surface area contributed by atoms with Gasteiger partial charge in [0.05, 0.1) is 12.1 Å². The smallest absolute Gasteiger partial charge is 0.422 e. The van der Waals surface area contributed by atoms with Gasteiger partial charge in [0.25, 0.3) is 5.88 Å². The lowest BCUT2D eigenvalue weighted by Crippen LogP contribution is -2.19. The second-order valence-electron chi connectivity index (χ2n) is 5.76. The summed E-state index contributed by atoms with van der Waals surface area (Å²) < 4.78 is 54.3. The van der Waals surface area contributed by atoms with Crippen LogP contribution in [0, 0.1) is 0 Å². The molecule has 0 saturated heterocycles. The molecule has 0 aliphatic rings. The fraction of sp³-hybridized carbons (Fsp3) is 0.211. The topological polar surface area (TPSA) is 75.0 Å². The van der Waals surface area contributed by atoms with Crippen LogP contribution in [-0.2, 0) is 4.74 Å². The van der Waals surface area contributed by atoms with E-state index >= 15 is 0 Å². The van der Waals surface area contributed by atoms with E-state index < -0.39 is 18.8 Å². The lowest BCUT2D eigenvalue weighted by atomic mass is 10.2. The minimum atomic E-state index is -4.51. The van der Waals surface area contributed by atoms with E-state index in [9.17, 15) is 18.0 Å². The summed E-state index contributed by atoms with van der Waals surface area (Å²) in [5.74, 6) is -0.624. The number of aromatic nitrogens is 3. The number of esters is 1. The van der Waals surface area contributed by atoms with Gasteiger partial charge in [-0.3, -0.25) is 0 Å². The summed E-state index contributed by atoms with van der Waals surface area (Å²) in [5, 5.41) is 4.09. The first-order valence-corrected chi connectivity index (χ1v) is 8.45. The molecule has 7 nitrogen and oxygen atoms in total. The Morgan fingerprint density at radius 2 is 2.10 bits per heavy atom. The molecule has 0 saturated carbocycles. The zero-order valence-electron chi connectivity index (χ0n) is 15.3. The molecule has 152 valence electrons. The van der Waals surface area contributed by atoms with E-state index in [4.69, 9.17) is 14.2 Å². The number of rotatable bonds is 7. The zero-order valence-corrected chi connectivity index (χ0v) is 15.3. The molecular weight excluding hydrogens is 391 g/mol. The molecule has 3 aromatic rings. The molecule has 29 heavy (non-hydrogen) atoms. The number of halogens is 3. The summed E-state index contributed by atoms with van der Waals surface area (Å²) in [6.45, 7) is 3.96. The molecule has 0 radical (unpaired) electrons. The van der Waals surface area contributed by atoms with Crippen molar-refractivity contribution in [1.82, 2.24) is 14.6 Å². The summed E-state index contributed by atoms with van der Waals surface area (Å²) in [5.41, 5.74) is 1.11. The second kappa shape index (κ2) is 8.21. The van der Waals surface area contributed by atoms with Crippen LogP contribution < -0.4 is 9.47 Å². The Kier molecular flexibility index (Phi) is 5.71. The average molecular weight is 407 g/mol. The van der Waals surface area contributed by atoms with Crippen molar-refractivity contribution in [2.45, 2.75) is 13.1 Å². The summed E-state index contributed by atoms with van der Waals surface area (Å²) in [6.07, 6.45) is -0.172. The number of carbonyl (C=O) groups is 1. The monoisotopic (exact) mass is 407 g/mol. The molecule has 0 atom stereocenters. The van der Waals surface area contributed by atoms with Gasteiger partial charge in [-0.05, 0) is 30.7 Å². The standard InChI is InChI=1S/C19H16F3N3O4/c1-3-12-7-16(28-11-19(20,21)22)17(23-10-12)29-14-5-6-25-13(8-14)9-15(24-25)18(26)27-4-2/h3,5-10H,1,4,11H2,2H3. The van der Waals surface area contributed by atoms with Gasteiger partial charge in [-0.2, -0.15) is 18.3 Å². The molecule has 0 unspecified atom stereocenters. The maximum atomic E-state index is 12.5. The van der Waals surface area contributed by atoms with Gasteiger partial charge in [0.1, 0.15) is 5.75 Å². The Labute approximate surface area is 163 Å². The van der Waals surface area contributed by atoms with Crippen molar-refractivity contribution in [3.63, 3.8) is 0 Å². The third-order valence-corrected chi connectivity index (χ3v) is 3.60. The van der Waals surface area contributed by atoms with Crippen molar-refractivity contribution >= 4 is 17.6 Å². The van der Waals surface area contributed by atoms with Crippen molar-refractivity contribution in [3.8, 4) is 17.4 Å². The fourth-order valence-corrected chi connectivity index (χ4v) is 2.35. The van der Waals surface area contributed by atoms with Crippen LogP contribution in [0.25, 0.3) is 11.6 Å². The predicted octanol–water partition coefficient (Wildman–Crippen LogP) is 4.28. The molecule has 0 spiro atoms. The molecule has 3 rings (SSSR count). The number of nitrogens with zero attached hydrogens (tertiary/aromatic N) is 3. The van der Waals surface area contributed by atoms with E-state index in [0.29, 0.717) is 11.1 Å². The van der Waals surface area contributed by atoms with Crippen LogP contribution in [0.15, 0.2) is 43.2 Å². The van der Waals surface area contributed by atoms with Crippen LogP contribution in [0.2, 0.25) is 0 Å². The quantitative estimate of drug-likeness (QED) is 0.544. The average Bonchev–Trinajstić information content (AvgIpc) is 3.10. The highest BCUT2D eigenvalue weighted by atomic mass is 19.4. The van der Waals surface area contributed by atoms with Crippen molar-refractivity contribution in [3.05, 3.63) is 54.5 Å². The van der Waals surface area contributed by atoms with Gasteiger partial charge in [-0.25, -0.2) is 14.3 Å². The van der Waals surface area contributed by atoms with Crippen LogP contribution in [0.4, 0.5) is 13.2 Å². The van der Waals surface area contributed by atoms with Gasteiger partial charge >= 0.3 is 12.1 Å². The predicted molar refractivity (Wildman–Crippen MR) is 97.1 cm³/mol. The van der Waals surface area contributed by atoms with Crippen LogP contribution in [0.3, 0.4) is 0 Å². The van der Waals surface area contributed by atoms with Gasteiger partial charge < -0.3 is 14.2 Å². The molecule has 0 aliphatic carbocycles. The van der Waals surface area contributed by atoms with Gasteiger partial charge in [0.15, 0.2) is 18.1 Å². The number of hydrogen-bond acceptors (Lipinski definition) is 6. The van der Waals surface area contributed by atoms with E-state index in [1.807, 2.05) is 0 Å². The largest absolute Gasteiger partial charge is 0.478 e. The van der Waals surface area contributed by atoms with Gasteiger partial charge in [-0.1, -0.05) is 12.7 Å². The first-order chi connectivity index (χ1) is 13.8. The third kappa shape index (κ3) is 5.03. The van der Waals surface area contributed by atoms with E-state index in [0.717, 1.165) is 0 Å². The van der Waals surface area contributed by atoms with Crippen LogP contribution in [-0.4, -0.2) is 40.0 Å². The van der Waals surface area contributed by atoms with Crippen molar-refractivity contribution in [2.24, 2.45) is 0 Å². The highest BCUT2D eigenvalue weighted by Gasteiger charge is 2.29. The number of hydrogen-bond donors (Lipinski definition) is 0. The van der Waals surface area contributed by atoms with Crippen molar-refractivity contribution in [1.29, 1.82) is 0 Å². The molecule has 0 fully saturated rings. The SMILES string of the molecule is C=Cc1cnc(Oc2ccn3nc(C(=O)OCC)cc3c2)c(OCC(F)(F)F)c1. The summed E-state index contributed by atoms with van der Waals surface area (Å²) in [4.78, 5) is 15.8. The van der Waals surface area contributed by atoms with Gasteiger partial charge in [0.2, 0.25) is 0 Å². The molecule has 3 heterocycles. The second-order valence-corrected chi connectivity index (χ2v) is 5.76. The Hall–Kier alpha value is -3.56. The minimum absolute atomic E-state index is 0.117. The van der Waals surface area contributed by atoms with E-state index in [-0.39, 0.29) is 29.7 Å². The third-order valence-electron chi connectivity index (χ3n) is 3.60. The number of carbonyl (C=O) groups excluding carboxylic acids is 1.